The number of hydrogen-bond acceptors (Lipinski definition) is 3. The molecule has 3 aliphatic rings. The van der Waals surface area contributed by atoms with E-state index in [-0.39, 0.29) is 25.4 Å². The lowest BCUT2D eigenvalue weighted by Gasteiger charge is -2.23. The van der Waals surface area contributed by atoms with Gasteiger partial charge in [-0.1, -0.05) is 32.3 Å². The van der Waals surface area contributed by atoms with Gasteiger partial charge in [-0.2, -0.15) is 13.2 Å². The van der Waals surface area contributed by atoms with Crippen LogP contribution in [0.5, 0.6) is 0 Å². The fraction of sp³-hybridized carbons (Fsp3) is 0.550. The summed E-state index contributed by atoms with van der Waals surface area (Å²) in [5, 5.41) is 4.58. The first-order chi connectivity index (χ1) is 13.7. The molecule has 2 fully saturated rings. The van der Waals surface area contributed by atoms with Gasteiger partial charge in [0.2, 0.25) is 5.91 Å². The monoisotopic (exact) mass is 411 g/mol. The van der Waals surface area contributed by atoms with Crippen LogP contribution in [0.25, 0.3) is 0 Å². The first-order valence-corrected chi connectivity index (χ1v) is 9.78. The summed E-state index contributed by atoms with van der Waals surface area (Å²) in [6.07, 6.45) is 0.694. The maximum atomic E-state index is 12.8. The molecule has 2 atom stereocenters. The van der Waals surface area contributed by atoms with E-state index >= 15 is 0 Å². The van der Waals surface area contributed by atoms with Gasteiger partial charge in [-0.3, -0.25) is 14.9 Å². The zero-order valence-corrected chi connectivity index (χ0v) is 16.1. The molecule has 0 radical (unpaired) electrons. The third-order valence-electron chi connectivity index (χ3n) is 5.14. The number of carbonyl (C=O) groups excluding carboxylic acids is 3. The molecule has 29 heavy (non-hydrogen) atoms. The van der Waals surface area contributed by atoms with Crippen molar-refractivity contribution in [2.45, 2.75) is 64.3 Å². The molecule has 1 aromatic rings. The van der Waals surface area contributed by atoms with Crippen LogP contribution in [0.3, 0.4) is 0 Å². The van der Waals surface area contributed by atoms with E-state index in [9.17, 15) is 27.6 Å². The van der Waals surface area contributed by atoms with Crippen molar-refractivity contribution in [2.75, 3.05) is 0 Å². The summed E-state index contributed by atoms with van der Waals surface area (Å²) in [6.45, 7) is 2.14. The number of alkyl halides is 3. The predicted molar refractivity (Wildman–Crippen MR) is 98.4 cm³/mol. The van der Waals surface area contributed by atoms with Gasteiger partial charge in [-0.05, 0) is 36.1 Å². The molecule has 1 saturated heterocycles. The minimum atomic E-state index is -4.42. The van der Waals surface area contributed by atoms with Crippen molar-refractivity contribution in [1.29, 1.82) is 0 Å². The number of imide groups is 1. The Hall–Kier alpha value is -2.58. The van der Waals surface area contributed by atoms with E-state index in [1.165, 1.54) is 30.2 Å². The molecule has 1 aromatic carbocycles. The number of urea groups is 1. The highest BCUT2D eigenvalue weighted by atomic mass is 19.4. The Morgan fingerprint density at radius 3 is 2.34 bits per heavy atom. The molecule has 0 spiro atoms. The van der Waals surface area contributed by atoms with Crippen molar-refractivity contribution in [3.05, 3.63) is 34.9 Å². The summed E-state index contributed by atoms with van der Waals surface area (Å²) < 4.78 is 38.5. The smallest absolute Gasteiger partial charge is 0.334 e. The summed E-state index contributed by atoms with van der Waals surface area (Å²) in [6, 6.07) is 2.14. The Morgan fingerprint density at radius 2 is 1.83 bits per heavy atom. The van der Waals surface area contributed by atoms with Crippen LogP contribution >= 0.6 is 0 Å². The van der Waals surface area contributed by atoms with Crippen molar-refractivity contribution in [3.63, 3.8) is 0 Å². The van der Waals surface area contributed by atoms with E-state index in [1.807, 2.05) is 0 Å². The van der Waals surface area contributed by atoms with E-state index in [1.54, 1.807) is 6.92 Å². The second kappa shape index (κ2) is 8.42. The van der Waals surface area contributed by atoms with Crippen molar-refractivity contribution >= 4 is 17.8 Å². The Kier molecular flexibility index (Phi) is 6.14. The number of benzene rings is 1. The van der Waals surface area contributed by atoms with E-state index in [4.69, 9.17) is 0 Å². The summed E-state index contributed by atoms with van der Waals surface area (Å²) in [5.41, 5.74) is 0.436. The van der Waals surface area contributed by atoms with Crippen LogP contribution in [0.15, 0.2) is 18.2 Å². The van der Waals surface area contributed by atoms with Crippen molar-refractivity contribution in [1.82, 2.24) is 15.5 Å². The second-order valence-corrected chi connectivity index (χ2v) is 7.59. The van der Waals surface area contributed by atoms with Crippen molar-refractivity contribution in [3.8, 4) is 0 Å². The first kappa shape index (κ1) is 21.1. The number of amides is 4. The Balaban J connectivity index is 0.000000732. The van der Waals surface area contributed by atoms with E-state index in [0.29, 0.717) is 17.5 Å². The second-order valence-electron chi connectivity index (χ2n) is 7.59. The van der Waals surface area contributed by atoms with Gasteiger partial charge in [0.05, 0.1) is 5.56 Å². The molecule has 0 bridgehead atoms. The average Bonchev–Trinajstić information content (AvgIpc) is 3.42. The number of fused-ring (bicyclic) bond motifs is 1. The molecule has 9 heteroatoms. The van der Waals surface area contributed by atoms with Gasteiger partial charge in [0.25, 0.3) is 5.91 Å². The molecular weight excluding hydrogens is 387 g/mol. The minimum absolute atomic E-state index is 0.109. The topological polar surface area (TPSA) is 78.5 Å². The Morgan fingerprint density at radius 1 is 1.17 bits per heavy atom. The molecule has 2 unspecified atom stereocenters. The summed E-state index contributed by atoms with van der Waals surface area (Å²) in [4.78, 5) is 37.1. The highest BCUT2D eigenvalue weighted by Crippen LogP contribution is 2.34. The van der Waals surface area contributed by atoms with Crippen LogP contribution in [0, 0.1) is 5.92 Å². The lowest BCUT2D eigenvalue weighted by Crippen LogP contribution is -2.38. The average molecular weight is 411 g/mol. The zero-order valence-electron chi connectivity index (χ0n) is 16.1. The largest absolute Gasteiger partial charge is 0.416 e. The SMILES string of the molecule is C1CC1.CCC(CC1NC(=O)NC1=O)C(=O)N1Cc2ccc(C(F)(F)F)cc2C1. The highest BCUT2D eigenvalue weighted by Gasteiger charge is 2.37. The summed E-state index contributed by atoms with van der Waals surface area (Å²) in [5.74, 6) is -1.20. The number of carbonyl (C=O) groups is 3. The van der Waals surface area contributed by atoms with Crippen LogP contribution in [0.4, 0.5) is 18.0 Å². The molecule has 4 rings (SSSR count). The van der Waals surface area contributed by atoms with Gasteiger partial charge in [-0.15, -0.1) is 0 Å². The van der Waals surface area contributed by atoms with Crippen molar-refractivity contribution in [2.24, 2.45) is 5.92 Å². The molecule has 4 amide bonds. The number of hydrogen-bond donors (Lipinski definition) is 2. The van der Waals surface area contributed by atoms with Gasteiger partial charge in [0.15, 0.2) is 0 Å². The number of halogens is 3. The maximum absolute atomic E-state index is 12.8. The first-order valence-electron chi connectivity index (χ1n) is 9.78. The molecule has 158 valence electrons. The molecule has 6 nitrogen and oxygen atoms in total. The molecular formula is C20H24F3N3O3. The number of nitrogens with one attached hydrogen (secondary N) is 2. The van der Waals surface area contributed by atoms with E-state index < -0.39 is 35.6 Å². The summed E-state index contributed by atoms with van der Waals surface area (Å²) >= 11 is 0. The van der Waals surface area contributed by atoms with Crippen LogP contribution in [-0.4, -0.2) is 28.8 Å². The van der Waals surface area contributed by atoms with Crippen LogP contribution in [0.1, 0.15) is 55.7 Å². The Labute approximate surface area is 166 Å². The lowest BCUT2D eigenvalue weighted by molar-refractivity contribution is -0.137. The normalized spacial score (nSPS) is 21.0. The maximum Gasteiger partial charge on any atom is 0.416 e. The standard InChI is InChI=1S/C17H18F3N3O3.C3H6/c1-2-9(6-13-14(24)22-16(26)21-13)15(25)23-7-10-3-4-12(17(18,19)20)5-11(10)8-23;1-2-3-1/h3-5,9,13H,2,6-8H2,1H3,(H2,21,22,24,26);1-3H2. The fourth-order valence-electron chi connectivity index (χ4n) is 3.34. The van der Waals surface area contributed by atoms with Gasteiger partial charge in [-0.25, -0.2) is 4.79 Å². The molecule has 0 aromatic heterocycles. The third-order valence-corrected chi connectivity index (χ3v) is 5.14. The zero-order chi connectivity index (χ0) is 21.2. The molecule has 1 saturated carbocycles. The van der Waals surface area contributed by atoms with Crippen LogP contribution in [-0.2, 0) is 28.9 Å². The van der Waals surface area contributed by atoms with Gasteiger partial charge < -0.3 is 10.2 Å². The highest BCUT2D eigenvalue weighted by molar-refractivity contribution is 6.04. The minimum Gasteiger partial charge on any atom is -0.334 e. The summed E-state index contributed by atoms with van der Waals surface area (Å²) in [7, 11) is 0. The molecule has 2 aliphatic heterocycles. The predicted octanol–water partition coefficient (Wildman–Crippen LogP) is 3.34. The molecule has 2 N–H and O–H groups in total. The Bertz CT molecular complexity index is 805. The van der Waals surface area contributed by atoms with Gasteiger partial charge in [0, 0.05) is 19.0 Å². The van der Waals surface area contributed by atoms with Crippen LogP contribution < -0.4 is 10.6 Å². The number of nitrogens with zero attached hydrogens (tertiary/aromatic N) is 1. The van der Waals surface area contributed by atoms with Crippen LogP contribution in [0.2, 0.25) is 0 Å². The molecule has 2 heterocycles. The van der Waals surface area contributed by atoms with Gasteiger partial charge in [0.1, 0.15) is 6.04 Å². The van der Waals surface area contributed by atoms with E-state index in [0.717, 1.165) is 12.1 Å². The lowest BCUT2D eigenvalue weighted by atomic mass is 9.95. The van der Waals surface area contributed by atoms with E-state index in [2.05, 4.69) is 10.6 Å². The third kappa shape index (κ3) is 5.27. The molecule has 1 aliphatic carbocycles. The van der Waals surface area contributed by atoms with Crippen molar-refractivity contribution < 1.29 is 27.6 Å². The fourth-order valence-corrected chi connectivity index (χ4v) is 3.34. The quantitative estimate of drug-likeness (QED) is 0.746. The number of rotatable bonds is 4. The van der Waals surface area contributed by atoms with Gasteiger partial charge >= 0.3 is 12.2 Å².